The monoisotopic (exact) mass is 497 g/mol. The Morgan fingerprint density at radius 2 is 1.70 bits per heavy atom. The number of aromatic nitrogens is 2. The fraction of sp³-hybridized carbons (Fsp3) is 0.120. The van der Waals surface area contributed by atoms with Crippen LogP contribution in [-0.4, -0.2) is 28.1 Å². The highest BCUT2D eigenvalue weighted by Gasteiger charge is 2.42. The molecule has 8 heteroatoms. The third-order valence-corrected chi connectivity index (χ3v) is 6.74. The van der Waals surface area contributed by atoms with Crippen LogP contribution in [0, 0.1) is 0 Å². The highest BCUT2D eigenvalue weighted by Crippen LogP contribution is 2.44. The maximum Gasteiger partial charge on any atom is 0.273 e. The number of nitrogens with one attached hydrogen (secondary N) is 1. The van der Waals surface area contributed by atoms with Crippen molar-refractivity contribution in [3.05, 3.63) is 104 Å². The van der Waals surface area contributed by atoms with Gasteiger partial charge in [-0.25, -0.2) is 0 Å². The number of H-pyrrole nitrogens is 1. The first-order valence-corrected chi connectivity index (χ1v) is 11.3. The van der Waals surface area contributed by atoms with Crippen molar-refractivity contribution in [3.63, 3.8) is 0 Å². The first-order valence-electron chi connectivity index (χ1n) is 10.2. The lowest BCUT2D eigenvalue weighted by atomic mass is 9.96. The van der Waals surface area contributed by atoms with Crippen LogP contribution in [0.5, 0.6) is 5.75 Å². The zero-order chi connectivity index (χ0) is 23.1. The van der Waals surface area contributed by atoms with Crippen LogP contribution in [0.4, 0.5) is 0 Å². The average molecular weight is 499 g/mol. The van der Waals surface area contributed by atoms with E-state index in [1.165, 1.54) is 0 Å². The quantitative estimate of drug-likeness (QED) is 0.329. The molecule has 0 saturated heterocycles. The Balaban J connectivity index is 1.62. The lowest BCUT2D eigenvalue weighted by Crippen LogP contribution is -2.29. The summed E-state index contributed by atoms with van der Waals surface area (Å²) in [7, 11) is 1.62. The zero-order valence-corrected chi connectivity index (χ0v) is 19.7. The summed E-state index contributed by atoms with van der Waals surface area (Å²) in [6, 6.07) is 20.1. The van der Waals surface area contributed by atoms with E-state index in [-0.39, 0.29) is 5.91 Å². The number of aromatic amines is 1. The summed E-state index contributed by atoms with van der Waals surface area (Å²) in [6.07, 6.45) is 0. The van der Waals surface area contributed by atoms with Crippen LogP contribution in [0.3, 0.4) is 0 Å². The zero-order valence-electron chi connectivity index (χ0n) is 17.5. The Bertz CT molecular complexity index is 1330. The van der Waals surface area contributed by atoms with Gasteiger partial charge in [0, 0.05) is 22.7 Å². The number of amides is 1. The van der Waals surface area contributed by atoms with Crippen molar-refractivity contribution in [1.82, 2.24) is 15.1 Å². The predicted octanol–water partition coefficient (Wildman–Crippen LogP) is 6.79. The summed E-state index contributed by atoms with van der Waals surface area (Å²) < 4.78 is 5.26. The van der Waals surface area contributed by atoms with E-state index in [0.717, 1.165) is 28.0 Å². The minimum Gasteiger partial charge on any atom is -0.497 e. The van der Waals surface area contributed by atoms with Gasteiger partial charge in [0.2, 0.25) is 0 Å². The number of methoxy groups -OCH3 is 1. The average Bonchev–Trinajstić information content (AvgIpc) is 3.36. The van der Waals surface area contributed by atoms with Crippen LogP contribution in [-0.2, 0) is 6.54 Å². The smallest absolute Gasteiger partial charge is 0.273 e. The molecule has 1 aromatic heterocycles. The third kappa shape index (κ3) is 3.97. The molecular formula is C25H18Cl3N3O2. The van der Waals surface area contributed by atoms with Gasteiger partial charge in [-0.15, -0.1) is 0 Å². The Labute approximate surface area is 205 Å². The SMILES string of the molecule is COc1ccc(CN2C(=O)c3[nH]nc(-c4ccc(Cl)cc4)c3C2c2ccc(Cl)c(Cl)c2)cc1. The molecule has 3 aromatic carbocycles. The highest BCUT2D eigenvalue weighted by molar-refractivity contribution is 6.42. The summed E-state index contributed by atoms with van der Waals surface area (Å²) in [5.74, 6) is 0.622. The first kappa shape index (κ1) is 21.8. The maximum absolute atomic E-state index is 13.5. The number of nitrogens with zero attached hydrogens (tertiary/aromatic N) is 2. The largest absolute Gasteiger partial charge is 0.497 e. The summed E-state index contributed by atoms with van der Waals surface area (Å²) >= 11 is 18.6. The number of ether oxygens (including phenoxy) is 1. The number of halogens is 3. The number of carbonyl (C=O) groups is 1. The fourth-order valence-electron chi connectivity index (χ4n) is 4.14. The number of hydrogen-bond acceptors (Lipinski definition) is 3. The van der Waals surface area contributed by atoms with E-state index in [1.54, 1.807) is 31.4 Å². The molecule has 1 aliphatic heterocycles. The van der Waals surface area contributed by atoms with E-state index < -0.39 is 6.04 Å². The molecular weight excluding hydrogens is 481 g/mol. The molecule has 1 N–H and O–H groups in total. The number of hydrogen-bond donors (Lipinski definition) is 1. The van der Waals surface area contributed by atoms with Crippen LogP contribution in [0.1, 0.15) is 33.2 Å². The van der Waals surface area contributed by atoms with E-state index in [1.807, 2.05) is 47.4 Å². The van der Waals surface area contributed by atoms with E-state index in [4.69, 9.17) is 39.5 Å². The number of fused-ring (bicyclic) bond motifs is 1. The molecule has 0 radical (unpaired) electrons. The third-order valence-electron chi connectivity index (χ3n) is 5.75. The van der Waals surface area contributed by atoms with Gasteiger partial charge in [0.25, 0.3) is 5.91 Å². The van der Waals surface area contributed by atoms with Crippen molar-refractivity contribution in [1.29, 1.82) is 0 Å². The molecule has 1 atom stereocenters. The summed E-state index contributed by atoms with van der Waals surface area (Å²) in [4.78, 5) is 15.3. The first-order chi connectivity index (χ1) is 16.0. The molecule has 1 unspecified atom stereocenters. The highest BCUT2D eigenvalue weighted by atomic mass is 35.5. The van der Waals surface area contributed by atoms with Crippen LogP contribution in [0.15, 0.2) is 66.7 Å². The van der Waals surface area contributed by atoms with Gasteiger partial charge in [0.1, 0.15) is 11.4 Å². The number of benzene rings is 3. The molecule has 1 amide bonds. The van der Waals surface area contributed by atoms with Gasteiger partial charge in [-0.05, 0) is 47.5 Å². The molecule has 166 valence electrons. The van der Waals surface area contributed by atoms with Gasteiger partial charge < -0.3 is 9.64 Å². The Hall–Kier alpha value is -2.99. The number of carbonyl (C=O) groups excluding carboxylic acids is 1. The van der Waals surface area contributed by atoms with Crippen LogP contribution >= 0.6 is 34.8 Å². The van der Waals surface area contributed by atoms with Crippen molar-refractivity contribution in [2.24, 2.45) is 0 Å². The molecule has 2 heterocycles. The van der Waals surface area contributed by atoms with E-state index in [2.05, 4.69) is 10.2 Å². The Kier molecular flexibility index (Phi) is 5.79. The van der Waals surface area contributed by atoms with Gasteiger partial charge in [-0.3, -0.25) is 9.89 Å². The van der Waals surface area contributed by atoms with Gasteiger partial charge in [-0.2, -0.15) is 5.10 Å². The van der Waals surface area contributed by atoms with Crippen LogP contribution in [0.25, 0.3) is 11.3 Å². The summed E-state index contributed by atoms with van der Waals surface area (Å²) in [5, 5.41) is 8.94. The molecule has 0 saturated carbocycles. The Morgan fingerprint density at radius 3 is 2.36 bits per heavy atom. The van der Waals surface area contributed by atoms with E-state index in [0.29, 0.717) is 33.0 Å². The van der Waals surface area contributed by atoms with Crippen molar-refractivity contribution in [2.45, 2.75) is 12.6 Å². The number of rotatable bonds is 5. The van der Waals surface area contributed by atoms with Gasteiger partial charge in [-0.1, -0.05) is 65.1 Å². The molecule has 0 bridgehead atoms. The second-order valence-corrected chi connectivity index (χ2v) is 8.98. The fourth-order valence-corrected chi connectivity index (χ4v) is 4.58. The standard InChI is InChI=1S/C25H18Cl3N3O2/c1-33-18-9-2-14(3-10-18)13-31-24(16-6-11-19(27)20(28)12-16)21-22(29-30-23(21)25(31)32)15-4-7-17(26)8-5-15/h2-12,24H,13H2,1H3,(H,29,30). The lowest BCUT2D eigenvalue weighted by Gasteiger charge is -2.27. The van der Waals surface area contributed by atoms with Crippen LogP contribution < -0.4 is 4.74 Å². The summed E-state index contributed by atoms with van der Waals surface area (Å²) in [6.45, 7) is 0.399. The van der Waals surface area contributed by atoms with E-state index >= 15 is 0 Å². The van der Waals surface area contributed by atoms with E-state index in [9.17, 15) is 4.79 Å². The molecule has 0 aliphatic carbocycles. The van der Waals surface area contributed by atoms with Crippen molar-refractivity contribution in [2.75, 3.05) is 7.11 Å². The molecule has 33 heavy (non-hydrogen) atoms. The Morgan fingerprint density at radius 1 is 0.970 bits per heavy atom. The maximum atomic E-state index is 13.5. The second-order valence-electron chi connectivity index (χ2n) is 7.72. The van der Waals surface area contributed by atoms with Gasteiger partial charge in [0.05, 0.1) is 28.9 Å². The minimum atomic E-state index is -0.395. The topological polar surface area (TPSA) is 58.2 Å². The van der Waals surface area contributed by atoms with Gasteiger partial charge >= 0.3 is 0 Å². The van der Waals surface area contributed by atoms with Crippen LogP contribution in [0.2, 0.25) is 15.1 Å². The minimum absolute atomic E-state index is 0.135. The molecule has 0 fully saturated rings. The second kappa shape index (κ2) is 8.75. The molecule has 4 aromatic rings. The van der Waals surface area contributed by atoms with Crippen molar-refractivity contribution >= 4 is 40.7 Å². The molecule has 1 aliphatic rings. The lowest BCUT2D eigenvalue weighted by molar-refractivity contribution is 0.0730. The molecule has 0 spiro atoms. The normalized spacial score (nSPS) is 15.1. The van der Waals surface area contributed by atoms with Gasteiger partial charge in [0.15, 0.2) is 0 Å². The molecule has 5 rings (SSSR count). The van der Waals surface area contributed by atoms with Crippen molar-refractivity contribution < 1.29 is 9.53 Å². The predicted molar refractivity (Wildman–Crippen MR) is 130 cm³/mol. The molecule has 5 nitrogen and oxygen atoms in total. The summed E-state index contributed by atoms with van der Waals surface area (Å²) in [5.41, 5.74) is 4.64. The van der Waals surface area contributed by atoms with Crippen molar-refractivity contribution in [3.8, 4) is 17.0 Å².